The minimum absolute atomic E-state index is 0.000214. The number of nitrogens with zero attached hydrogens (tertiary/aromatic N) is 3. The molecule has 1 heterocycles. The van der Waals surface area contributed by atoms with Gasteiger partial charge in [0.25, 0.3) is 0 Å². The monoisotopic (exact) mass is 464 g/mol. The Morgan fingerprint density at radius 2 is 1.50 bits per heavy atom. The van der Waals surface area contributed by atoms with Crippen LogP contribution in [0.5, 0.6) is 0 Å². The normalized spacial score (nSPS) is 11.5. The molecular formula is C28H24N4OS. The summed E-state index contributed by atoms with van der Waals surface area (Å²) < 4.78 is 2.15. The van der Waals surface area contributed by atoms with E-state index >= 15 is 0 Å². The second-order valence-corrected chi connectivity index (χ2v) is 8.72. The predicted octanol–water partition coefficient (Wildman–Crippen LogP) is 5.68. The second-order valence-electron chi connectivity index (χ2n) is 7.78. The standard InChI is InChI=1S/C28H24N4OS/c1-20(30)24(17-29)25(33)19-34-28-31-26(22-13-7-3-8-14-22)27(23-15-9-4-10-16-23)32(28)18-21-11-5-2-6-12-21/h2-16H,18-19,30H2,1H3/b24-20+. The molecule has 5 nitrogen and oxygen atoms in total. The lowest BCUT2D eigenvalue weighted by molar-refractivity contribution is -0.112. The Hall–Kier alpha value is -4.08. The molecule has 3 aromatic carbocycles. The van der Waals surface area contributed by atoms with Crippen LogP contribution in [0.3, 0.4) is 0 Å². The van der Waals surface area contributed by atoms with Crippen molar-refractivity contribution in [1.82, 2.24) is 9.55 Å². The third-order valence-corrected chi connectivity index (χ3v) is 6.30. The minimum atomic E-state index is -0.302. The van der Waals surface area contributed by atoms with Gasteiger partial charge in [0.05, 0.1) is 23.7 Å². The summed E-state index contributed by atoms with van der Waals surface area (Å²) in [7, 11) is 0. The van der Waals surface area contributed by atoms with E-state index in [4.69, 9.17) is 10.7 Å². The van der Waals surface area contributed by atoms with E-state index in [-0.39, 0.29) is 22.8 Å². The first-order valence-corrected chi connectivity index (χ1v) is 11.8. The summed E-state index contributed by atoms with van der Waals surface area (Å²) in [4.78, 5) is 17.7. The number of Topliss-reactive ketones (excluding diaryl/α,β-unsaturated/α-hetero) is 1. The van der Waals surface area contributed by atoms with Crippen LogP contribution in [0.15, 0.2) is 107 Å². The molecule has 4 aromatic rings. The molecule has 0 spiro atoms. The maximum atomic E-state index is 12.7. The van der Waals surface area contributed by atoms with Gasteiger partial charge in [-0.3, -0.25) is 4.79 Å². The number of aromatic nitrogens is 2. The van der Waals surface area contributed by atoms with E-state index < -0.39 is 0 Å². The molecule has 0 atom stereocenters. The molecule has 0 fully saturated rings. The van der Waals surface area contributed by atoms with Crippen LogP contribution in [0.1, 0.15) is 12.5 Å². The van der Waals surface area contributed by atoms with Crippen LogP contribution in [-0.2, 0) is 11.3 Å². The van der Waals surface area contributed by atoms with E-state index in [9.17, 15) is 10.1 Å². The van der Waals surface area contributed by atoms with E-state index in [1.165, 1.54) is 11.8 Å². The van der Waals surface area contributed by atoms with Crippen molar-refractivity contribution in [2.45, 2.75) is 18.6 Å². The maximum Gasteiger partial charge on any atom is 0.185 e. The van der Waals surface area contributed by atoms with Crippen molar-refractivity contribution >= 4 is 17.5 Å². The molecule has 0 radical (unpaired) electrons. The summed E-state index contributed by atoms with van der Waals surface area (Å²) >= 11 is 1.32. The number of allylic oxidation sites excluding steroid dienone is 2. The zero-order valence-corrected chi connectivity index (χ0v) is 19.6. The van der Waals surface area contributed by atoms with Gasteiger partial charge in [-0.25, -0.2) is 4.98 Å². The summed E-state index contributed by atoms with van der Waals surface area (Å²) in [6.45, 7) is 2.16. The van der Waals surface area contributed by atoms with E-state index in [0.29, 0.717) is 11.7 Å². The number of thioether (sulfide) groups is 1. The Morgan fingerprint density at radius 1 is 0.941 bits per heavy atom. The molecule has 0 aliphatic heterocycles. The van der Waals surface area contributed by atoms with Crippen LogP contribution in [0.2, 0.25) is 0 Å². The Morgan fingerprint density at radius 3 is 2.06 bits per heavy atom. The number of hydrogen-bond acceptors (Lipinski definition) is 5. The van der Waals surface area contributed by atoms with Gasteiger partial charge in [-0.2, -0.15) is 5.26 Å². The third-order valence-electron chi connectivity index (χ3n) is 5.33. The van der Waals surface area contributed by atoms with Crippen molar-refractivity contribution in [2.75, 3.05) is 5.75 Å². The average molecular weight is 465 g/mol. The molecule has 6 heteroatoms. The van der Waals surface area contributed by atoms with Crippen molar-refractivity contribution in [2.24, 2.45) is 5.73 Å². The fourth-order valence-corrected chi connectivity index (χ4v) is 4.59. The zero-order chi connectivity index (χ0) is 23.9. The van der Waals surface area contributed by atoms with Crippen LogP contribution >= 0.6 is 11.8 Å². The second kappa shape index (κ2) is 10.7. The number of nitrogens with two attached hydrogens (primary N) is 1. The van der Waals surface area contributed by atoms with Gasteiger partial charge >= 0.3 is 0 Å². The topological polar surface area (TPSA) is 84.7 Å². The Kier molecular flexibility index (Phi) is 7.26. The van der Waals surface area contributed by atoms with Crippen molar-refractivity contribution in [3.8, 4) is 28.6 Å². The molecule has 0 aliphatic rings. The maximum absolute atomic E-state index is 12.7. The number of carbonyl (C=O) groups excluding carboxylic acids is 1. The van der Waals surface area contributed by atoms with Crippen LogP contribution in [0, 0.1) is 11.3 Å². The lowest BCUT2D eigenvalue weighted by Crippen LogP contribution is -2.11. The van der Waals surface area contributed by atoms with Crippen molar-refractivity contribution in [3.05, 3.63) is 108 Å². The molecule has 0 saturated carbocycles. The molecule has 4 rings (SSSR count). The van der Waals surface area contributed by atoms with Gasteiger partial charge < -0.3 is 10.3 Å². The highest BCUT2D eigenvalue weighted by Crippen LogP contribution is 2.36. The number of imidazole rings is 1. The lowest BCUT2D eigenvalue weighted by atomic mass is 10.0. The van der Waals surface area contributed by atoms with Gasteiger partial charge in [-0.15, -0.1) is 0 Å². The molecule has 0 saturated heterocycles. The number of benzene rings is 3. The minimum Gasteiger partial charge on any atom is -0.401 e. The van der Waals surface area contributed by atoms with Crippen molar-refractivity contribution in [1.29, 1.82) is 5.26 Å². The summed E-state index contributed by atoms with van der Waals surface area (Å²) in [6, 6.07) is 32.3. The third kappa shape index (κ3) is 5.11. The van der Waals surface area contributed by atoms with Crippen LogP contribution in [0.25, 0.3) is 22.5 Å². The Balaban J connectivity index is 1.84. The highest BCUT2D eigenvalue weighted by molar-refractivity contribution is 7.99. The highest BCUT2D eigenvalue weighted by atomic mass is 32.2. The van der Waals surface area contributed by atoms with Crippen molar-refractivity contribution in [3.63, 3.8) is 0 Å². The number of carbonyl (C=O) groups is 1. The molecule has 0 unspecified atom stereocenters. The number of nitriles is 1. The molecule has 168 valence electrons. The Bertz CT molecular complexity index is 1350. The molecule has 2 N–H and O–H groups in total. The first kappa shape index (κ1) is 23.1. The van der Waals surface area contributed by atoms with E-state index in [1.807, 2.05) is 72.8 Å². The summed E-state index contributed by atoms with van der Waals surface area (Å²) in [5.41, 5.74) is 11.0. The number of hydrogen-bond donors (Lipinski definition) is 1. The zero-order valence-electron chi connectivity index (χ0n) is 18.8. The van der Waals surface area contributed by atoms with Gasteiger partial charge in [-0.1, -0.05) is 103 Å². The number of ketones is 1. The predicted molar refractivity (Wildman–Crippen MR) is 137 cm³/mol. The molecular weight excluding hydrogens is 440 g/mol. The fraction of sp³-hybridized carbons (Fsp3) is 0.107. The fourth-order valence-electron chi connectivity index (χ4n) is 3.71. The lowest BCUT2D eigenvalue weighted by Gasteiger charge is -2.13. The van der Waals surface area contributed by atoms with Gasteiger partial charge in [0.1, 0.15) is 11.6 Å². The largest absolute Gasteiger partial charge is 0.401 e. The number of rotatable bonds is 8. The summed E-state index contributed by atoms with van der Waals surface area (Å²) in [5.74, 6) is -0.226. The summed E-state index contributed by atoms with van der Waals surface area (Å²) in [5, 5.41) is 10.0. The highest BCUT2D eigenvalue weighted by Gasteiger charge is 2.22. The van der Waals surface area contributed by atoms with E-state index in [1.54, 1.807) is 6.92 Å². The average Bonchev–Trinajstić information content (AvgIpc) is 3.22. The van der Waals surface area contributed by atoms with Gasteiger partial charge in [-0.05, 0) is 12.5 Å². The SMILES string of the molecule is C/C(N)=C(/C#N)C(=O)CSc1nc(-c2ccccc2)c(-c2ccccc2)n1Cc1ccccc1. The van der Waals surface area contributed by atoms with Crippen LogP contribution < -0.4 is 5.73 Å². The smallest absolute Gasteiger partial charge is 0.185 e. The van der Waals surface area contributed by atoms with Gasteiger partial charge in [0.15, 0.2) is 10.9 Å². The first-order chi connectivity index (χ1) is 16.6. The molecule has 0 amide bonds. The van der Waals surface area contributed by atoms with Crippen LogP contribution in [0.4, 0.5) is 0 Å². The quantitative estimate of drug-likeness (QED) is 0.206. The first-order valence-electron chi connectivity index (χ1n) is 10.9. The molecule has 1 aromatic heterocycles. The molecule has 34 heavy (non-hydrogen) atoms. The van der Waals surface area contributed by atoms with E-state index in [2.05, 4.69) is 28.8 Å². The van der Waals surface area contributed by atoms with Gasteiger partial charge in [0.2, 0.25) is 0 Å². The Labute approximate surface area is 203 Å². The molecule has 0 aliphatic carbocycles. The molecule has 0 bridgehead atoms. The summed E-state index contributed by atoms with van der Waals surface area (Å²) in [6.07, 6.45) is 0. The van der Waals surface area contributed by atoms with E-state index in [0.717, 1.165) is 28.1 Å². The van der Waals surface area contributed by atoms with Crippen LogP contribution in [-0.4, -0.2) is 21.1 Å². The van der Waals surface area contributed by atoms with Gasteiger partial charge in [0, 0.05) is 16.8 Å². The van der Waals surface area contributed by atoms with Crippen molar-refractivity contribution < 1.29 is 4.79 Å².